The number of benzene rings is 1. The number of methoxy groups -OCH3 is 1. The first kappa shape index (κ1) is 12.0. The SMILES string of the molecule is CNC(N)c1cc(C)c(OC)c(C)c1C. The van der Waals surface area contributed by atoms with Gasteiger partial charge in [0.2, 0.25) is 0 Å². The molecule has 3 nitrogen and oxygen atoms in total. The third-order valence-electron chi connectivity index (χ3n) is 2.92. The molecule has 1 atom stereocenters. The standard InChI is InChI=1S/C12H20N2O/c1-7-6-10(12(13)14-4)8(2)9(3)11(7)15-5/h6,12,14H,13H2,1-5H3. The van der Waals surface area contributed by atoms with E-state index in [0.29, 0.717) is 0 Å². The van der Waals surface area contributed by atoms with E-state index in [0.717, 1.165) is 16.9 Å². The topological polar surface area (TPSA) is 47.3 Å². The predicted molar refractivity (Wildman–Crippen MR) is 63.2 cm³/mol. The zero-order valence-corrected chi connectivity index (χ0v) is 10.1. The maximum Gasteiger partial charge on any atom is 0.124 e. The summed E-state index contributed by atoms with van der Waals surface area (Å²) >= 11 is 0. The molecule has 1 rings (SSSR count). The van der Waals surface area contributed by atoms with Gasteiger partial charge in [-0.3, -0.25) is 0 Å². The minimum Gasteiger partial charge on any atom is -0.496 e. The molecule has 0 saturated carbocycles. The third-order valence-corrected chi connectivity index (χ3v) is 2.92. The van der Waals surface area contributed by atoms with Crippen LogP contribution >= 0.6 is 0 Å². The molecule has 15 heavy (non-hydrogen) atoms. The van der Waals surface area contributed by atoms with Gasteiger partial charge in [-0.1, -0.05) is 0 Å². The van der Waals surface area contributed by atoms with Crippen molar-refractivity contribution in [3.8, 4) is 5.75 Å². The molecule has 0 aliphatic carbocycles. The van der Waals surface area contributed by atoms with Crippen LogP contribution in [-0.2, 0) is 0 Å². The Hall–Kier alpha value is -1.06. The second-order valence-electron chi connectivity index (χ2n) is 3.83. The van der Waals surface area contributed by atoms with Gasteiger partial charge >= 0.3 is 0 Å². The second kappa shape index (κ2) is 4.64. The van der Waals surface area contributed by atoms with Crippen LogP contribution in [-0.4, -0.2) is 14.2 Å². The summed E-state index contributed by atoms with van der Waals surface area (Å²) < 4.78 is 5.36. The maximum absolute atomic E-state index is 5.97. The molecule has 0 aliphatic heterocycles. The van der Waals surface area contributed by atoms with Gasteiger partial charge in [0, 0.05) is 0 Å². The van der Waals surface area contributed by atoms with E-state index in [9.17, 15) is 0 Å². The lowest BCUT2D eigenvalue weighted by molar-refractivity contribution is 0.407. The largest absolute Gasteiger partial charge is 0.496 e. The van der Waals surface area contributed by atoms with Crippen molar-refractivity contribution in [1.82, 2.24) is 5.32 Å². The Balaban J connectivity index is 3.33. The highest BCUT2D eigenvalue weighted by atomic mass is 16.5. The first-order valence-corrected chi connectivity index (χ1v) is 5.10. The van der Waals surface area contributed by atoms with Crippen molar-refractivity contribution in [1.29, 1.82) is 0 Å². The molecule has 0 fully saturated rings. The summed E-state index contributed by atoms with van der Waals surface area (Å²) in [5.74, 6) is 0.958. The van der Waals surface area contributed by atoms with E-state index in [1.54, 1.807) is 7.11 Å². The molecule has 84 valence electrons. The third kappa shape index (κ3) is 2.13. The van der Waals surface area contributed by atoms with Gasteiger partial charge in [0.1, 0.15) is 5.75 Å². The predicted octanol–water partition coefficient (Wildman–Crippen LogP) is 1.80. The van der Waals surface area contributed by atoms with E-state index in [2.05, 4.69) is 25.2 Å². The molecule has 0 heterocycles. The van der Waals surface area contributed by atoms with E-state index in [-0.39, 0.29) is 6.17 Å². The Morgan fingerprint density at radius 1 is 1.27 bits per heavy atom. The summed E-state index contributed by atoms with van der Waals surface area (Å²) in [5, 5.41) is 3.05. The van der Waals surface area contributed by atoms with Crippen LogP contribution < -0.4 is 15.8 Å². The van der Waals surface area contributed by atoms with Gasteiger partial charge in [0.15, 0.2) is 0 Å². The fourth-order valence-electron chi connectivity index (χ4n) is 1.88. The molecule has 0 radical (unpaired) electrons. The molecule has 0 saturated heterocycles. The number of hydrogen-bond acceptors (Lipinski definition) is 3. The Bertz CT molecular complexity index is 361. The first-order chi connectivity index (χ1) is 7.02. The monoisotopic (exact) mass is 208 g/mol. The van der Waals surface area contributed by atoms with E-state index >= 15 is 0 Å². The van der Waals surface area contributed by atoms with Crippen LogP contribution in [0.3, 0.4) is 0 Å². The summed E-state index contributed by atoms with van der Waals surface area (Å²) in [6.07, 6.45) is -0.117. The summed E-state index contributed by atoms with van der Waals surface area (Å²) in [6, 6.07) is 2.09. The van der Waals surface area contributed by atoms with E-state index in [4.69, 9.17) is 10.5 Å². The number of aryl methyl sites for hydroxylation is 1. The molecular weight excluding hydrogens is 188 g/mol. The van der Waals surface area contributed by atoms with Crippen molar-refractivity contribution in [2.24, 2.45) is 5.73 Å². The molecule has 0 bridgehead atoms. The van der Waals surface area contributed by atoms with Gasteiger partial charge in [-0.05, 0) is 56.1 Å². The second-order valence-corrected chi connectivity index (χ2v) is 3.83. The maximum atomic E-state index is 5.97. The molecule has 0 aliphatic rings. The van der Waals surface area contributed by atoms with Crippen LogP contribution in [0.2, 0.25) is 0 Å². The number of rotatable bonds is 3. The molecule has 1 unspecified atom stereocenters. The highest BCUT2D eigenvalue weighted by Crippen LogP contribution is 2.30. The number of hydrogen-bond donors (Lipinski definition) is 2. The highest BCUT2D eigenvalue weighted by Gasteiger charge is 2.13. The van der Waals surface area contributed by atoms with Crippen LogP contribution in [0.4, 0.5) is 0 Å². The normalized spacial score (nSPS) is 12.7. The number of nitrogens with one attached hydrogen (secondary N) is 1. The fraction of sp³-hybridized carbons (Fsp3) is 0.500. The van der Waals surface area contributed by atoms with E-state index in [1.807, 2.05) is 14.0 Å². The summed E-state index contributed by atoms with van der Waals surface area (Å²) in [5.41, 5.74) is 10.6. The Morgan fingerprint density at radius 2 is 1.87 bits per heavy atom. The van der Waals surface area contributed by atoms with Gasteiger partial charge < -0.3 is 15.8 Å². The molecule has 3 N–H and O–H groups in total. The van der Waals surface area contributed by atoms with Crippen molar-refractivity contribution >= 4 is 0 Å². The van der Waals surface area contributed by atoms with Crippen molar-refractivity contribution in [2.75, 3.05) is 14.2 Å². The van der Waals surface area contributed by atoms with Gasteiger partial charge in [-0.15, -0.1) is 0 Å². The lowest BCUT2D eigenvalue weighted by Gasteiger charge is -2.19. The quantitative estimate of drug-likeness (QED) is 0.745. The van der Waals surface area contributed by atoms with Gasteiger partial charge in [-0.25, -0.2) is 0 Å². The lowest BCUT2D eigenvalue weighted by atomic mass is 9.97. The summed E-state index contributed by atoms with van der Waals surface area (Å²) in [6.45, 7) is 6.17. The van der Waals surface area contributed by atoms with E-state index in [1.165, 1.54) is 11.1 Å². The lowest BCUT2D eigenvalue weighted by Crippen LogP contribution is -2.26. The van der Waals surface area contributed by atoms with Crippen LogP contribution in [0.5, 0.6) is 5.75 Å². The van der Waals surface area contributed by atoms with Crippen LogP contribution in [0.25, 0.3) is 0 Å². The Labute approximate surface area is 91.6 Å². The molecule has 1 aromatic rings. The molecule has 0 amide bonds. The average Bonchev–Trinajstić information content (AvgIpc) is 2.23. The summed E-state index contributed by atoms with van der Waals surface area (Å²) in [7, 11) is 3.56. The molecule has 1 aromatic carbocycles. The van der Waals surface area contributed by atoms with Crippen LogP contribution in [0.1, 0.15) is 28.4 Å². The zero-order valence-electron chi connectivity index (χ0n) is 10.1. The van der Waals surface area contributed by atoms with Crippen molar-refractivity contribution < 1.29 is 4.74 Å². The Kier molecular flexibility index (Phi) is 3.72. The average molecular weight is 208 g/mol. The summed E-state index contributed by atoms with van der Waals surface area (Å²) in [4.78, 5) is 0. The van der Waals surface area contributed by atoms with Gasteiger partial charge in [0.05, 0.1) is 13.3 Å². The van der Waals surface area contributed by atoms with Gasteiger partial charge in [-0.2, -0.15) is 0 Å². The number of ether oxygens (including phenoxy) is 1. The molecule has 0 aromatic heterocycles. The Morgan fingerprint density at radius 3 is 2.33 bits per heavy atom. The molecular formula is C12H20N2O. The van der Waals surface area contributed by atoms with E-state index < -0.39 is 0 Å². The van der Waals surface area contributed by atoms with Crippen LogP contribution in [0.15, 0.2) is 6.07 Å². The fourth-order valence-corrected chi connectivity index (χ4v) is 1.88. The van der Waals surface area contributed by atoms with Crippen LogP contribution in [0, 0.1) is 20.8 Å². The molecule has 0 spiro atoms. The minimum absolute atomic E-state index is 0.117. The first-order valence-electron chi connectivity index (χ1n) is 5.10. The smallest absolute Gasteiger partial charge is 0.124 e. The highest BCUT2D eigenvalue weighted by molar-refractivity contribution is 5.49. The molecule has 3 heteroatoms. The zero-order chi connectivity index (χ0) is 11.6. The van der Waals surface area contributed by atoms with Crippen molar-refractivity contribution in [3.63, 3.8) is 0 Å². The van der Waals surface area contributed by atoms with Gasteiger partial charge in [0.25, 0.3) is 0 Å². The number of nitrogens with two attached hydrogens (primary N) is 1. The minimum atomic E-state index is -0.117. The van der Waals surface area contributed by atoms with Crippen molar-refractivity contribution in [3.05, 3.63) is 28.3 Å². The van der Waals surface area contributed by atoms with Crippen molar-refractivity contribution in [2.45, 2.75) is 26.9 Å².